The molecule has 0 aliphatic heterocycles. The molecule has 0 bridgehead atoms. The van der Waals surface area contributed by atoms with Crippen molar-refractivity contribution in [2.75, 3.05) is 6.26 Å². The van der Waals surface area contributed by atoms with E-state index < -0.39 is 27.3 Å². The Hall–Kier alpha value is -1.89. The van der Waals surface area contributed by atoms with Crippen LogP contribution in [0, 0.1) is 0 Å². The zero-order valence-electron chi connectivity index (χ0n) is 11.6. The van der Waals surface area contributed by atoms with Crippen molar-refractivity contribution in [1.29, 1.82) is 0 Å². The van der Waals surface area contributed by atoms with Crippen molar-refractivity contribution < 1.29 is 23.1 Å². The molecule has 6 nitrogen and oxygen atoms in total. The van der Waals surface area contributed by atoms with Crippen LogP contribution in [-0.4, -0.2) is 37.2 Å². The zero-order chi connectivity index (χ0) is 15.7. The van der Waals surface area contributed by atoms with Crippen molar-refractivity contribution in [2.45, 2.75) is 36.1 Å². The van der Waals surface area contributed by atoms with Crippen LogP contribution in [0.25, 0.3) is 0 Å². The highest BCUT2D eigenvalue weighted by Crippen LogP contribution is 2.30. The number of hydrogen-bond donors (Lipinski definition) is 2. The molecule has 0 saturated heterocycles. The van der Waals surface area contributed by atoms with Crippen LogP contribution in [0.15, 0.2) is 29.2 Å². The van der Waals surface area contributed by atoms with Gasteiger partial charge < -0.3 is 10.4 Å². The number of hydrogen-bond acceptors (Lipinski definition) is 4. The van der Waals surface area contributed by atoms with E-state index in [2.05, 4.69) is 5.32 Å². The molecular formula is C14H17NO5S. The molecule has 1 saturated carbocycles. The van der Waals surface area contributed by atoms with E-state index in [1.807, 2.05) is 0 Å². The third-order valence-electron chi connectivity index (χ3n) is 3.74. The monoisotopic (exact) mass is 311 g/mol. The van der Waals surface area contributed by atoms with Gasteiger partial charge in [-0.3, -0.25) is 4.79 Å². The zero-order valence-corrected chi connectivity index (χ0v) is 12.4. The van der Waals surface area contributed by atoms with Crippen LogP contribution in [0.2, 0.25) is 0 Å². The number of carboxylic acid groups (broad SMARTS) is 1. The molecular weight excluding hydrogens is 294 g/mol. The SMILES string of the molecule is CS(=O)(=O)c1cccc(C(=O)NC2(C(=O)O)CCCC2)c1. The summed E-state index contributed by atoms with van der Waals surface area (Å²) in [6.07, 6.45) is 3.32. The average molecular weight is 311 g/mol. The fraction of sp³-hybridized carbons (Fsp3) is 0.429. The van der Waals surface area contributed by atoms with E-state index in [1.165, 1.54) is 24.3 Å². The summed E-state index contributed by atoms with van der Waals surface area (Å²) in [6.45, 7) is 0. The smallest absolute Gasteiger partial charge is 0.329 e. The Kier molecular flexibility index (Phi) is 4.04. The van der Waals surface area contributed by atoms with E-state index in [-0.39, 0.29) is 10.5 Å². The number of carboxylic acids is 1. The third kappa shape index (κ3) is 3.24. The van der Waals surface area contributed by atoms with Gasteiger partial charge in [-0.25, -0.2) is 13.2 Å². The minimum Gasteiger partial charge on any atom is -0.480 e. The standard InChI is InChI=1S/C14H17NO5S/c1-21(19,20)11-6-4-5-10(9-11)12(16)15-14(13(17)18)7-2-3-8-14/h4-6,9H,2-3,7-8H2,1H3,(H,15,16)(H,17,18). The van der Waals surface area contributed by atoms with E-state index in [9.17, 15) is 23.1 Å². The minimum absolute atomic E-state index is 0.0333. The lowest BCUT2D eigenvalue weighted by Crippen LogP contribution is -2.52. The molecule has 21 heavy (non-hydrogen) atoms. The molecule has 0 radical (unpaired) electrons. The number of amides is 1. The molecule has 1 aromatic carbocycles. The number of nitrogens with one attached hydrogen (secondary N) is 1. The number of rotatable bonds is 4. The highest BCUT2D eigenvalue weighted by molar-refractivity contribution is 7.90. The first kappa shape index (κ1) is 15.5. The Bertz CT molecular complexity index is 674. The number of sulfone groups is 1. The van der Waals surface area contributed by atoms with E-state index in [1.54, 1.807) is 0 Å². The van der Waals surface area contributed by atoms with Gasteiger partial charge in [0.15, 0.2) is 9.84 Å². The first-order valence-electron chi connectivity index (χ1n) is 6.61. The van der Waals surface area contributed by atoms with Crippen molar-refractivity contribution in [3.8, 4) is 0 Å². The van der Waals surface area contributed by atoms with Crippen molar-refractivity contribution in [3.63, 3.8) is 0 Å². The van der Waals surface area contributed by atoms with E-state index in [0.29, 0.717) is 12.8 Å². The maximum Gasteiger partial charge on any atom is 0.329 e. The summed E-state index contributed by atoms with van der Waals surface area (Å²) in [5, 5.41) is 11.9. The molecule has 114 valence electrons. The van der Waals surface area contributed by atoms with Crippen molar-refractivity contribution >= 4 is 21.7 Å². The quantitative estimate of drug-likeness (QED) is 0.870. The maximum atomic E-state index is 12.2. The topological polar surface area (TPSA) is 101 Å². The summed E-state index contributed by atoms with van der Waals surface area (Å²) in [5.74, 6) is -1.61. The van der Waals surface area contributed by atoms with Crippen LogP contribution < -0.4 is 5.32 Å². The van der Waals surface area contributed by atoms with Gasteiger partial charge in [-0.05, 0) is 31.0 Å². The highest BCUT2D eigenvalue weighted by atomic mass is 32.2. The number of aliphatic carboxylic acids is 1. The summed E-state index contributed by atoms with van der Waals surface area (Å²) < 4.78 is 23.0. The summed E-state index contributed by atoms with van der Waals surface area (Å²) in [6, 6.07) is 5.59. The van der Waals surface area contributed by atoms with Gasteiger partial charge in [-0.15, -0.1) is 0 Å². The van der Waals surface area contributed by atoms with Crippen molar-refractivity contribution in [2.24, 2.45) is 0 Å². The molecule has 1 amide bonds. The lowest BCUT2D eigenvalue weighted by molar-refractivity contribution is -0.144. The summed E-state index contributed by atoms with van der Waals surface area (Å²) in [4.78, 5) is 23.7. The van der Waals surface area contributed by atoms with Crippen LogP contribution in [0.1, 0.15) is 36.0 Å². The largest absolute Gasteiger partial charge is 0.480 e. The van der Waals surface area contributed by atoms with Gasteiger partial charge in [-0.2, -0.15) is 0 Å². The summed E-state index contributed by atoms with van der Waals surface area (Å²) in [5.41, 5.74) is -1.09. The van der Waals surface area contributed by atoms with Gasteiger partial charge in [0.05, 0.1) is 4.90 Å². The molecule has 1 aromatic rings. The van der Waals surface area contributed by atoms with Gasteiger partial charge in [0.1, 0.15) is 5.54 Å². The molecule has 0 heterocycles. The predicted octanol–water partition coefficient (Wildman–Crippen LogP) is 1.22. The summed E-state index contributed by atoms with van der Waals surface area (Å²) in [7, 11) is -3.41. The van der Waals surface area contributed by atoms with Crippen LogP contribution in [-0.2, 0) is 14.6 Å². The number of carbonyl (C=O) groups excluding carboxylic acids is 1. The first-order chi connectivity index (χ1) is 9.74. The molecule has 2 rings (SSSR count). The summed E-state index contributed by atoms with van der Waals surface area (Å²) >= 11 is 0. The molecule has 1 fully saturated rings. The van der Waals surface area contributed by atoms with Gasteiger partial charge >= 0.3 is 5.97 Å². The van der Waals surface area contributed by atoms with Crippen molar-refractivity contribution in [1.82, 2.24) is 5.32 Å². The Morgan fingerprint density at radius 1 is 1.24 bits per heavy atom. The van der Waals surface area contributed by atoms with E-state index >= 15 is 0 Å². The lowest BCUT2D eigenvalue weighted by Gasteiger charge is -2.25. The predicted molar refractivity (Wildman–Crippen MR) is 75.9 cm³/mol. The Morgan fingerprint density at radius 2 is 1.86 bits per heavy atom. The molecule has 1 aliphatic rings. The second-order valence-electron chi connectivity index (χ2n) is 5.35. The van der Waals surface area contributed by atoms with Gasteiger partial charge in [-0.1, -0.05) is 18.9 Å². The highest BCUT2D eigenvalue weighted by Gasteiger charge is 2.42. The van der Waals surface area contributed by atoms with Crippen LogP contribution in [0.5, 0.6) is 0 Å². The van der Waals surface area contributed by atoms with E-state index in [0.717, 1.165) is 19.1 Å². The number of carbonyl (C=O) groups is 2. The van der Waals surface area contributed by atoms with Crippen LogP contribution in [0.4, 0.5) is 0 Å². The fourth-order valence-corrected chi connectivity index (χ4v) is 3.20. The molecule has 0 unspecified atom stereocenters. The normalized spacial score (nSPS) is 17.4. The van der Waals surface area contributed by atoms with Gasteiger partial charge in [0.2, 0.25) is 0 Å². The molecule has 2 N–H and O–H groups in total. The Morgan fingerprint density at radius 3 is 2.38 bits per heavy atom. The molecule has 0 spiro atoms. The van der Waals surface area contributed by atoms with E-state index in [4.69, 9.17) is 0 Å². The third-order valence-corrected chi connectivity index (χ3v) is 4.85. The second kappa shape index (κ2) is 5.48. The minimum atomic E-state index is -3.41. The van der Waals surface area contributed by atoms with Crippen LogP contribution >= 0.6 is 0 Å². The Balaban J connectivity index is 2.27. The Labute approximate surface area is 123 Å². The average Bonchev–Trinajstić information content (AvgIpc) is 2.88. The molecule has 0 atom stereocenters. The van der Waals surface area contributed by atoms with Gasteiger partial charge in [0.25, 0.3) is 5.91 Å². The molecule has 0 aromatic heterocycles. The lowest BCUT2D eigenvalue weighted by atomic mass is 9.97. The fourth-order valence-electron chi connectivity index (χ4n) is 2.53. The first-order valence-corrected chi connectivity index (χ1v) is 8.50. The van der Waals surface area contributed by atoms with Gasteiger partial charge in [0, 0.05) is 11.8 Å². The second-order valence-corrected chi connectivity index (χ2v) is 7.36. The maximum absolute atomic E-state index is 12.2. The number of benzene rings is 1. The molecule has 7 heteroatoms. The van der Waals surface area contributed by atoms with Crippen LogP contribution in [0.3, 0.4) is 0 Å². The molecule has 1 aliphatic carbocycles. The van der Waals surface area contributed by atoms with Crippen molar-refractivity contribution in [3.05, 3.63) is 29.8 Å².